The topological polar surface area (TPSA) is 166 Å². The lowest BCUT2D eigenvalue weighted by Crippen LogP contribution is -2.59. The van der Waals surface area contributed by atoms with Gasteiger partial charge in [0, 0.05) is 38.0 Å². The largest absolute Gasteiger partial charge is 0.393 e. The van der Waals surface area contributed by atoms with E-state index < -0.39 is 0 Å². The maximum atomic E-state index is 13.2. The molecule has 4 amide bonds. The van der Waals surface area contributed by atoms with E-state index in [0.29, 0.717) is 96.9 Å². The second-order valence-corrected chi connectivity index (χ2v) is 25.4. The van der Waals surface area contributed by atoms with Gasteiger partial charge < -0.3 is 36.2 Å². The standard InChI is InChI=1S/C54H88N4O7/c1-31-7-13-45(61)55-23-24-56-46(62)14-8-32(2)38-10-12-40-50-42(18-22-54(38,40)6)52(4)20-16-36(26-34(52)28-44(50)60)58-48(64)30-65-29-47(63)57-35-15-19-51(3)33(25-35)27-43(59)49-39-11-9-37(31)53(39,5)21-17-41(49)51/h31-44,49-50,59-60H,7-30H2,1-6H3,(H,55,61)(H,56,62)(H,57,63)(H,58,64)/t31-,32-,33+,34+,35-,36+,37-,38-,39+,40+,41+,42+,43+,44+,49+,50+,51+,52+,53-,54-/m1/s1. The summed E-state index contributed by atoms with van der Waals surface area (Å²) in [5, 5.41) is 36.7. The molecule has 366 valence electrons. The summed E-state index contributed by atoms with van der Waals surface area (Å²) in [6, 6.07) is 0.0891. The van der Waals surface area contributed by atoms with E-state index in [1.165, 1.54) is 12.8 Å². The van der Waals surface area contributed by atoms with Crippen molar-refractivity contribution >= 4 is 23.6 Å². The Morgan fingerprint density at radius 1 is 0.462 bits per heavy atom. The Morgan fingerprint density at radius 2 is 0.831 bits per heavy atom. The monoisotopic (exact) mass is 905 g/mol. The summed E-state index contributed by atoms with van der Waals surface area (Å²) < 4.78 is 5.74. The highest BCUT2D eigenvalue weighted by Crippen LogP contribution is 2.70. The van der Waals surface area contributed by atoms with E-state index in [-0.39, 0.29) is 82.8 Å². The van der Waals surface area contributed by atoms with Gasteiger partial charge in [0.05, 0.1) is 12.2 Å². The maximum absolute atomic E-state index is 13.2. The van der Waals surface area contributed by atoms with Crippen LogP contribution in [0.15, 0.2) is 0 Å². The van der Waals surface area contributed by atoms with Crippen LogP contribution in [0.25, 0.3) is 0 Å². The maximum Gasteiger partial charge on any atom is 0.246 e. The van der Waals surface area contributed by atoms with E-state index >= 15 is 0 Å². The first kappa shape index (κ1) is 47.8. The fourth-order valence-electron chi connectivity index (χ4n) is 19.1. The van der Waals surface area contributed by atoms with Gasteiger partial charge in [-0.15, -0.1) is 0 Å². The van der Waals surface area contributed by atoms with Crippen LogP contribution in [0, 0.1) is 92.7 Å². The molecule has 16 bridgehead atoms. The van der Waals surface area contributed by atoms with Gasteiger partial charge in [-0.1, -0.05) is 41.5 Å². The summed E-state index contributed by atoms with van der Waals surface area (Å²) in [7, 11) is 0. The van der Waals surface area contributed by atoms with Crippen LogP contribution in [0.4, 0.5) is 0 Å². The Bertz CT molecular complexity index is 1650. The van der Waals surface area contributed by atoms with Crippen molar-refractivity contribution < 1.29 is 34.1 Å². The van der Waals surface area contributed by atoms with Crippen LogP contribution in [0.3, 0.4) is 0 Å². The number of hydrogen-bond acceptors (Lipinski definition) is 7. The average Bonchev–Trinajstić information content (AvgIpc) is 3.81. The predicted molar refractivity (Wildman–Crippen MR) is 251 cm³/mol. The molecule has 13 fully saturated rings. The molecule has 11 heteroatoms. The Hall–Kier alpha value is -2.24. The van der Waals surface area contributed by atoms with Gasteiger partial charge in [-0.3, -0.25) is 19.2 Å². The summed E-state index contributed by atoms with van der Waals surface area (Å²) in [5.74, 6) is 4.93. The Morgan fingerprint density at radius 3 is 1.25 bits per heavy atom. The number of nitrogens with one attached hydrogen (secondary N) is 4. The summed E-state index contributed by atoms with van der Waals surface area (Å²) >= 11 is 0. The SMILES string of the molecule is C[C@@H]1CCC(=O)NCCNC(=O)CC[C@@H](C)[C@H]2CC[C@H]3[C@@H]4[C@@H](O)C[C@@H]5C[C@H](CC[C@]5(C)[C@H]4CC[C@]23C)NC(=O)COCC(=O)N[C@@H]2CC[C@@]3(C)[C@@H](C2)C[C@H](O)[C@@H]2[C@@H]3CC[C@]3(C)[C@@H]1CC[C@@H]23. The molecule has 11 nitrogen and oxygen atoms in total. The van der Waals surface area contributed by atoms with Gasteiger partial charge in [0.25, 0.3) is 0 Å². The van der Waals surface area contributed by atoms with Crippen LogP contribution in [0.1, 0.15) is 170 Å². The molecule has 6 N–H and O–H groups in total. The quantitative estimate of drug-likeness (QED) is 0.148. The van der Waals surface area contributed by atoms with Crippen molar-refractivity contribution in [2.24, 2.45) is 92.7 Å². The molecule has 5 saturated heterocycles. The normalized spacial score (nSPS) is 51.3. The van der Waals surface area contributed by atoms with Crippen molar-refractivity contribution in [3.63, 3.8) is 0 Å². The van der Waals surface area contributed by atoms with E-state index in [0.717, 1.165) is 103 Å². The number of aliphatic hydroxyl groups excluding tert-OH is 2. The van der Waals surface area contributed by atoms with Crippen LogP contribution in [-0.2, 0) is 23.9 Å². The van der Waals surface area contributed by atoms with E-state index in [2.05, 4.69) is 62.8 Å². The summed E-state index contributed by atoms with van der Waals surface area (Å²) in [5.41, 5.74) is 0.606. The third-order valence-electron chi connectivity index (χ3n) is 22.5. The predicted octanol–water partition coefficient (Wildman–Crippen LogP) is 7.31. The molecule has 8 saturated carbocycles. The molecule has 0 aromatic rings. The molecule has 0 radical (unpaired) electrons. The number of amides is 4. The van der Waals surface area contributed by atoms with Crippen molar-refractivity contribution in [3.05, 3.63) is 0 Å². The second kappa shape index (κ2) is 18.6. The molecule has 0 spiro atoms. The van der Waals surface area contributed by atoms with Gasteiger partial charge in [0.15, 0.2) is 0 Å². The minimum absolute atomic E-state index is 0.0445. The molecule has 8 aliphatic carbocycles. The first-order valence-corrected chi connectivity index (χ1v) is 27.0. The molecule has 5 heterocycles. The number of hydrogen-bond donors (Lipinski definition) is 6. The third kappa shape index (κ3) is 8.75. The zero-order chi connectivity index (χ0) is 46.1. The molecule has 13 rings (SSSR count). The lowest BCUT2D eigenvalue weighted by Gasteiger charge is -2.62. The fourth-order valence-corrected chi connectivity index (χ4v) is 19.1. The number of ether oxygens (including phenoxy) is 1. The van der Waals surface area contributed by atoms with Crippen molar-refractivity contribution in [2.75, 3.05) is 26.3 Å². The van der Waals surface area contributed by atoms with E-state index in [1.54, 1.807) is 0 Å². The molecular weight excluding hydrogens is 817 g/mol. The second-order valence-electron chi connectivity index (χ2n) is 25.4. The van der Waals surface area contributed by atoms with Crippen molar-refractivity contribution in [3.8, 4) is 0 Å². The fraction of sp³-hybridized carbons (Fsp3) is 0.926. The Kier molecular flexibility index (Phi) is 13.7. The molecule has 5 aliphatic heterocycles. The van der Waals surface area contributed by atoms with Crippen LogP contribution in [0.2, 0.25) is 0 Å². The van der Waals surface area contributed by atoms with Gasteiger partial charge in [0.1, 0.15) is 13.2 Å². The van der Waals surface area contributed by atoms with Crippen LogP contribution in [-0.4, -0.2) is 84.4 Å². The number of aliphatic hydroxyl groups is 2. The Balaban J connectivity index is 0.857. The minimum Gasteiger partial charge on any atom is -0.393 e. The lowest BCUT2D eigenvalue weighted by atomic mass is 9.43. The van der Waals surface area contributed by atoms with Gasteiger partial charge >= 0.3 is 0 Å². The van der Waals surface area contributed by atoms with Gasteiger partial charge in [0.2, 0.25) is 23.6 Å². The third-order valence-corrected chi connectivity index (χ3v) is 22.5. The molecule has 20 atom stereocenters. The Labute approximate surface area is 391 Å². The van der Waals surface area contributed by atoms with E-state index in [4.69, 9.17) is 4.74 Å². The van der Waals surface area contributed by atoms with E-state index in [1.807, 2.05) is 0 Å². The smallest absolute Gasteiger partial charge is 0.246 e. The van der Waals surface area contributed by atoms with Crippen LogP contribution >= 0.6 is 0 Å². The van der Waals surface area contributed by atoms with Crippen LogP contribution < -0.4 is 21.3 Å². The van der Waals surface area contributed by atoms with Gasteiger partial charge in [-0.05, 0) is 208 Å². The van der Waals surface area contributed by atoms with Gasteiger partial charge in [-0.2, -0.15) is 0 Å². The minimum atomic E-state index is -0.337. The van der Waals surface area contributed by atoms with Crippen molar-refractivity contribution in [1.29, 1.82) is 0 Å². The molecule has 0 aromatic heterocycles. The van der Waals surface area contributed by atoms with Crippen molar-refractivity contribution in [2.45, 2.75) is 194 Å². The van der Waals surface area contributed by atoms with E-state index in [9.17, 15) is 29.4 Å². The van der Waals surface area contributed by atoms with Crippen molar-refractivity contribution in [1.82, 2.24) is 21.3 Å². The number of carbonyl (C=O) groups excluding carboxylic acids is 4. The highest BCUT2D eigenvalue weighted by Gasteiger charge is 2.65. The summed E-state index contributed by atoms with van der Waals surface area (Å²) in [6.45, 7) is 15.3. The molecule has 0 unspecified atom stereocenters. The molecule has 13 aliphatic rings. The highest BCUT2D eigenvalue weighted by molar-refractivity contribution is 5.80. The zero-order valence-corrected chi connectivity index (χ0v) is 41.1. The number of rotatable bonds is 0. The lowest BCUT2D eigenvalue weighted by molar-refractivity contribution is -0.167. The number of carbonyl (C=O) groups is 4. The first-order chi connectivity index (χ1) is 30.9. The first-order valence-electron chi connectivity index (χ1n) is 27.0. The highest BCUT2D eigenvalue weighted by atomic mass is 16.5. The molecule has 65 heavy (non-hydrogen) atoms. The average molecular weight is 905 g/mol. The zero-order valence-electron chi connectivity index (χ0n) is 41.1. The molecule has 0 aromatic carbocycles. The summed E-state index contributed by atoms with van der Waals surface area (Å²) in [6.07, 6.45) is 18.5. The van der Waals surface area contributed by atoms with Crippen LogP contribution in [0.5, 0.6) is 0 Å². The molecular formula is C54H88N4O7. The summed E-state index contributed by atoms with van der Waals surface area (Å²) in [4.78, 5) is 52.7. The van der Waals surface area contributed by atoms with Gasteiger partial charge in [-0.25, -0.2) is 0 Å².